The Morgan fingerprint density at radius 3 is 2.36 bits per heavy atom. The van der Waals surface area contributed by atoms with Crippen LogP contribution < -0.4 is 27.0 Å². The van der Waals surface area contributed by atoms with Crippen molar-refractivity contribution in [2.75, 3.05) is 6.54 Å². The van der Waals surface area contributed by atoms with Crippen LogP contribution >= 0.6 is 22.7 Å². The van der Waals surface area contributed by atoms with E-state index in [0.29, 0.717) is 35.8 Å². The van der Waals surface area contributed by atoms with Crippen molar-refractivity contribution in [1.29, 1.82) is 0 Å². The molecular formula is C29H40N8O6S2. The molecule has 2 aliphatic rings. The number of carbonyl (C=O) groups excluding carboxylic acids is 6. The van der Waals surface area contributed by atoms with E-state index in [4.69, 9.17) is 5.73 Å². The van der Waals surface area contributed by atoms with Crippen molar-refractivity contribution in [2.24, 2.45) is 17.6 Å². The summed E-state index contributed by atoms with van der Waals surface area (Å²) in [5, 5.41) is 15.3. The highest BCUT2D eigenvalue weighted by Crippen LogP contribution is 2.25. The number of nitrogens with one attached hydrogen (secondary N) is 4. The minimum atomic E-state index is -0.986. The molecule has 0 aliphatic carbocycles. The molecule has 2 aromatic heterocycles. The van der Waals surface area contributed by atoms with E-state index < -0.39 is 59.6 Å². The molecule has 0 spiro atoms. The Morgan fingerprint density at radius 1 is 0.956 bits per heavy atom. The van der Waals surface area contributed by atoms with Crippen molar-refractivity contribution >= 4 is 58.1 Å². The molecule has 6 amide bonds. The number of fused-ring (bicyclic) bond motifs is 5. The van der Waals surface area contributed by atoms with Crippen LogP contribution in [-0.2, 0) is 25.7 Å². The summed E-state index contributed by atoms with van der Waals surface area (Å²) in [7, 11) is 0. The molecule has 0 aromatic carbocycles. The highest BCUT2D eigenvalue weighted by Gasteiger charge is 2.38. The van der Waals surface area contributed by atoms with Crippen molar-refractivity contribution in [3.63, 3.8) is 0 Å². The maximum absolute atomic E-state index is 13.6. The van der Waals surface area contributed by atoms with Crippen molar-refractivity contribution in [2.45, 2.75) is 90.5 Å². The fourth-order valence-electron chi connectivity index (χ4n) is 5.28. The molecule has 2 aliphatic heterocycles. The smallest absolute Gasteiger partial charge is 0.274 e. The summed E-state index contributed by atoms with van der Waals surface area (Å²) < 4.78 is 0. The number of nitrogens with zero attached hydrogens (tertiary/aromatic N) is 3. The van der Waals surface area contributed by atoms with E-state index in [1.54, 1.807) is 24.6 Å². The first-order valence-electron chi connectivity index (χ1n) is 15.0. The van der Waals surface area contributed by atoms with Gasteiger partial charge >= 0.3 is 0 Å². The SMILES string of the molecule is CC(C)C[C@@H]1NC(=O)[C@H]2CCCN2C(=O)c2csc(n2)CNC(=O)c2csc(n2)[C@@H](CCC(N)=O)NC(=O)[C@H](C(C)C)NC1=O. The molecule has 45 heavy (non-hydrogen) atoms. The number of aromatic nitrogens is 2. The zero-order valence-corrected chi connectivity index (χ0v) is 27.4. The molecule has 4 atom stereocenters. The van der Waals surface area contributed by atoms with Gasteiger partial charge in [0.1, 0.15) is 39.5 Å². The van der Waals surface area contributed by atoms with Crippen LogP contribution in [0.2, 0.25) is 0 Å². The van der Waals surface area contributed by atoms with Crippen LogP contribution in [0.4, 0.5) is 0 Å². The Labute approximate surface area is 269 Å². The third-order valence-electron chi connectivity index (χ3n) is 7.62. The number of primary amides is 1. The first-order valence-corrected chi connectivity index (χ1v) is 16.8. The Morgan fingerprint density at radius 2 is 1.67 bits per heavy atom. The zero-order valence-electron chi connectivity index (χ0n) is 25.8. The Bertz CT molecular complexity index is 1440. The summed E-state index contributed by atoms with van der Waals surface area (Å²) in [6, 6.07) is -3.47. The van der Waals surface area contributed by atoms with E-state index in [-0.39, 0.29) is 42.6 Å². The number of amides is 6. The van der Waals surface area contributed by atoms with Crippen LogP contribution in [0.1, 0.15) is 96.8 Å². The average molecular weight is 661 g/mol. The molecule has 1 saturated heterocycles. The summed E-state index contributed by atoms with van der Waals surface area (Å²) in [5.74, 6) is -3.25. The van der Waals surface area contributed by atoms with Crippen molar-refractivity contribution in [3.05, 3.63) is 32.2 Å². The van der Waals surface area contributed by atoms with Crippen molar-refractivity contribution in [1.82, 2.24) is 36.1 Å². The lowest BCUT2D eigenvalue weighted by molar-refractivity contribution is -0.134. The standard InChI is InChI=1S/C29H40N8O6S2/c1-14(2)10-17-25(40)36-23(15(3)4)27(42)33-16(7-8-21(30)38)28-35-18(12-45-28)24(39)31-11-22-32-19(13-44-22)29(43)37-9-5-6-20(37)26(41)34-17/h12-17,20,23H,5-11H2,1-4H3,(H2,30,38)(H,31,39)(H,33,42)(H,34,41)(H,36,40)/t16-,17+,20-,23+/m1/s1. The minimum absolute atomic E-state index is 0.0326. The number of carbonyl (C=O) groups is 6. The predicted molar refractivity (Wildman–Crippen MR) is 167 cm³/mol. The Balaban J connectivity index is 1.69. The Hall–Kier alpha value is -3.92. The molecule has 4 heterocycles. The van der Waals surface area contributed by atoms with E-state index in [0.717, 1.165) is 11.3 Å². The van der Waals surface area contributed by atoms with Crippen LogP contribution in [0.3, 0.4) is 0 Å². The molecule has 2 aromatic rings. The molecule has 244 valence electrons. The summed E-state index contributed by atoms with van der Waals surface area (Å²) in [4.78, 5) is 89.0. The van der Waals surface area contributed by atoms with E-state index >= 15 is 0 Å². The second-order valence-corrected chi connectivity index (χ2v) is 13.9. The zero-order chi connectivity index (χ0) is 32.8. The van der Waals surface area contributed by atoms with Gasteiger partial charge in [-0.05, 0) is 37.5 Å². The summed E-state index contributed by atoms with van der Waals surface area (Å²) in [6.07, 6.45) is 1.44. The van der Waals surface area contributed by atoms with Gasteiger partial charge in [-0.25, -0.2) is 9.97 Å². The third-order valence-corrected chi connectivity index (χ3v) is 9.43. The van der Waals surface area contributed by atoms with Gasteiger partial charge in [-0.15, -0.1) is 22.7 Å². The van der Waals surface area contributed by atoms with Gasteiger partial charge in [0.05, 0.1) is 12.6 Å². The van der Waals surface area contributed by atoms with Gasteiger partial charge in [-0.3, -0.25) is 28.8 Å². The molecule has 1 fully saturated rings. The topological polar surface area (TPSA) is 206 Å². The number of rotatable bonds is 6. The lowest BCUT2D eigenvalue weighted by atomic mass is 9.99. The maximum atomic E-state index is 13.6. The van der Waals surface area contributed by atoms with Gasteiger partial charge in [0.2, 0.25) is 23.6 Å². The molecule has 0 saturated carbocycles. The fourth-order valence-corrected chi connectivity index (χ4v) is 6.88. The minimum Gasteiger partial charge on any atom is -0.370 e. The Kier molecular flexibility index (Phi) is 11.3. The van der Waals surface area contributed by atoms with Gasteiger partial charge in [0, 0.05) is 23.7 Å². The maximum Gasteiger partial charge on any atom is 0.274 e. The largest absolute Gasteiger partial charge is 0.370 e. The molecule has 0 radical (unpaired) electrons. The average Bonchev–Trinajstić information content (AvgIpc) is 3.76. The van der Waals surface area contributed by atoms with E-state index in [9.17, 15) is 28.8 Å². The van der Waals surface area contributed by atoms with Gasteiger partial charge in [0.15, 0.2) is 0 Å². The predicted octanol–water partition coefficient (Wildman–Crippen LogP) is 1.24. The highest BCUT2D eigenvalue weighted by atomic mass is 32.1. The second-order valence-electron chi connectivity index (χ2n) is 12.0. The van der Waals surface area contributed by atoms with Gasteiger partial charge in [-0.2, -0.15) is 0 Å². The molecule has 4 rings (SSSR count). The first kappa shape index (κ1) is 34.0. The summed E-state index contributed by atoms with van der Waals surface area (Å²) >= 11 is 2.35. The third kappa shape index (κ3) is 8.63. The summed E-state index contributed by atoms with van der Waals surface area (Å²) in [5.41, 5.74) is 5.67. The van der Waals surface area contributed by atoms with Crippen LogP contribution in [0.15, 0.2) is 10.8 Å². The molecule has 6 N–H and O–H groups in total. The van der Waals surface area contributed by atoms with E-state index in [1.807, 2.05) is 13.8 Å². The first-order chi connectivity index (χ1) is 21.3. The number of hydrogen-bond acceptors (Lipinski definition) is 10. The normalized spacial score (nSPS) is 23.6. The quantitative estimate of drug-likeness (QED) is 0.304. The molecule has 16 heteroatoms. The second kappa shape index (κ2) is 14.9. The monoisotopic (exact) mass is 660 g/mol. The lowest BCUT2D eigenvalue weighted by Crippen LogP contribution is -2.58. The number of thiazole rings is 2. The van der Waals surface area contributed by atoms with Crippen molar-refractivity contribution in [3.8, 4) is 0 Å². The lowest BCUT2D eigenvalue weighted by Gasteiger charge is -2.29. The number of nitrogens with two attached hydrogens (primary N) is 1. The highest BCUT2D eigenvalue weighted by molar-refractivity contribution is 7.10. The van der Waals surface area contributed by atoms with Crippen LogP contribution in [0.25, 0.3) is 0 Å². The van der Waals surface area contributed by atoms with Gasteiger partial charge in [0.25, 0.3) is 11.8 Å². The van der Waals surface area contributed by atoms with Gasteiger partial charge in [-0.1, -0.05) is 27.7 Å². The van der Waals surface area contributed by atoms with Crippen LogP contribution in [-0.4, -0.2) is 75.0 Å². The molecule has 4 bridgehead atoms. The molecule has 0 unspecified atom stereocenters. The summed E-state index contributed by atoms with van der Waals surface area (Å²) in [6.45, 7) is 7.80. The van der Waals surface area contributed by atoms with Crippen LogP contribution in [0.5, 0.6) is 0 Å². The fraction of sp³-hybridized carbons (Fsp3) is 0.586. The van der Waals surface area contributed by atoms with E-state index in [1.165, 1.54) is 16.2 Å². The number of hydrogen-bond donors (Lipinski definition) is 5. The van der Waals surface area contributed by atoms with Gasteiger partial charge < -0.3 is 31.9 Å². The van der Waals surface area contributed by atoms with Crippen molar-refractivity contribution < 1.29 is 28.8 Å². The molecule has 14 nitrogen and oxygen atoms in total. The van der Waals surface area contributed by atoms with Crippen LogP contribution in [0, 0.1) is 11.8 Å². The van der Waals surface area contributed by atoms with E-state index in [2.05, 4.69) is 31.2 Å². The molecular weight excluding hydrogens is 621 g/mol.